The van der Waals surface area contributed by atoms with Crippen molar-refractivity contribution < 1.29 is 5.21 Å². The minimum atomic E-state index is 0.574. The average Bonchev–Trinajstić information content (AvgIpc) is 2.46. The standard InChI is InChI=1S/C15H14N2O/c1-12(17-18)15(14-7-3-2-4-8-14)10-13-6-5-9-16-11-13/h2-11,18H,1H3/b15-10-,17-12-. The number of rotatable bonds is 3. The maximum absolute atomic E-state index is 8.98. The molecule has 0 spiro atoms. The van der Waals surface area contributed by atoms with E-state index in [2.05, 4.69) is 10.1 Å². The van der Waals surface area contributed by atoms with Gasteiger partial charge in [-0.15, -0.1) is 0 Å². The van der Waals surface area contributed by atoms with Crippen LogP contribution in [0.15, 0.2) is 60.0 Å². The summed E-state index contributed by atoms with van der Waals surface area (Å²) >= 11 is 0. The Morgan fingerprint density at radius 1 is 1.17 bits per heavy atom. The number of aromatic nitrogens is 1. The SMILES string of the molecule is CC(=N/O)/C(=C/c1cccnc1)c1ccccc1. The third-order valence-corrected chi connectivity index (χ3v) is 2.62. The second-order valence-corrected chi connectivity index (χ2v) is 3.90. The first-order valence-corrected chi connectivity index (χ1v) is 5.67. The van der Waals surface area contributed by atoms with Crippen molar-refractivity contribution >= 4 is 17.4 Å². The van der Waals surface area contributed by atoms with E-state index in [0.29, 0.717) is 5.71 Å². The van der Waals surface area contributed by atoms with Crippen LogP contribution in [0.4, 0.5) is 0 Å². The van der Waals surface area contributed by atoms with Crippen LogP contribution >= 0.6 is 0 Å². The normalized spacial score (nSPS) is 12.5. The first-order chi connectivity index (χ1) is 8.81. The molecule has 3 heteroatoms. The molecule has 0 saturated heterocycles. The first kappa shape index (κ1) is 12.0. The zero-order chi connectivity index (χ0) is 12.8. The van der Waals surface area contributed by atoms with Crippen molar-refractivity contribution in [1.82, 2.24) is 4.98 Å². The molecular formula is C15H14N2O. The van der Waals surface area contributed by atoms with Crippen LogP contribution < -0.4 is 0 Å². The van der Waals surface area contributed by atoms with E-state index in [-0.39, 0.29) is 0 Å². The highest BCUT2D eigenvalue weighted by atomic mass is 16.4. The van der Waals surface area contributed by atoms with Crippen molar-refractivity contribution in [3.05, 3.63) is 66.0 Å². The van der Waals surface area contributed by atoms with E-state index >= 15 is 0 Å². The van der Waals surface area contributed by atoms with Gasteiger partial charge in [-0.3, -0.25) is 4.98 Å². The third-order valence-electron chi connectivity index (χ3n) is 2.62. The van der Waals surface area contributed by atoms with Gasteiger partial charge in [0, 0.05) is 18.0 Å². The lowest BCUT2D eigenvalue weighted by Gasteiger charge is -2.06. The second kappa shape index (κ2) is 5.77. The second-order valence-electron chi connectivity index (χ2n) is 3.90. The Kier molecular flexibility index (Phi) is 3.86. The van der Waals surface area contributed by atoms with E-state index in [0.717, 1.165) is 16.7 Å². The van der Waals surface area contributed by atoms with Crippen molar-refractivity contribution in [3.63, 3.8) is 0 Å². The van der Waals surface area contributed by atoms with Gasteiger partial charge in [0.15, 0.2) is 0 Å². The molecule has 90 valence electrons. The van der Waals surface area contributed by atoms with Gasteiger partial charge in [-0.1, -0.05) is 41.6 Å². The molecule has 0 atom stereocenters. The molecule has 0 fully saturated rings. The van der Waals surface area contributed by atoms with Gasteiger partial charge in [0.2, 0.25) is 0 Å². The van der Waals surface area contributed by atoms with Gasteiger partial charge in [0.05, 0.1) is 5.71 Å². The van der Waals surface area contributed by atoms with Gasteiger partial charge >= 0.3 is 0 Å². The summed E-state index contributed by atoms with van der Waals surface area (Å²) in [4.78, 5) is 4.07. The Morgan fingerprint density at radius 2 is 1.94 bits per heavy atom. The molecule has 1 aromatic heterocycles. The van der Waals surface area contributed by atoms with Crippen molar-refractivity contribution in [2.75, 3.05) is 0 Å². The maximum atomic E-state index is 8.98. The number of oxime groups is 1. The molecule has 0 amide bonds. The third kappa shape index (κ3) is 2.83. The lowest BCUT2D eigenvalue weighted by Crippen LogP contribution is -1.97. The molecule has 1 aromatic carbocycles. The smallest absolute Gasteiger partial charge is 0.0843 e. The summed E-state index contributed by atoms with van der Waals surface area (Å²) in [6, 6.07) is 13.7. The molecule has 0 saturated carbocycles. The summed E-state index contributed by atoms with van der Waals surface area (Å²) in [5.74, 6) is 0. The van der Waals surface area contributed by atoms with E-state index in [9.17, 15) is 0 Å². The molecule has 18 heavy (non-hydrogen) atoms. The zero-order valence-electron chi connectivity index (χ0n) is 10.1. The lowest BCUT2D eigenvalue weighted by molar-refractivity contribution is 0.319. The number of hydrogen-bond acceptors (Lipinski definition) is 3. The molecule has 0 radical (unpaired) electrons. The summed E-state index contributed by atoms with van der Waals surface area (Å²) in [5.41, 5.74) is 3.44. The number of pyridine rings is 1. The van der Waals surface area contributed by atoms with Crippen molar-refractivity contribution in [2.24, 2.45) is 5.16 Å². The van der Waals surface area contributed by atoms with Gasteiger partial charge < -0.3 is 5.21 Å². The van der Waals surface area contributed by atoms with Gasteiger partial charge in [-0.25, -0.2) is 0 Å². The van der Waals surface area contributed by atoms with Crippen LogP contribution in [-0.2, 0) is 0 Å². The highest BCUT2D eigenvalue weighted by Gasteiger charge is 2.05. The van der Waals surface area contributed by atoms with Gasteiger partial charge in [0.1, 0.15) is 0 Å². The minimum Gasteiger partial charge on any atom is -0.411 e. The first-order valence-electron chi connectivity index (χ1n) is 5.67. The fourth-order valence-corrected chi connectivity index (χ4v) is 1.70. The summed E-state index contributed by atoms with van der Waals surface area (Å²) in [7, 11) is 0. The Balaban J connectivity index is 2.48. The largest absolute Gasteiger partial charge is 0.411 e. The summed E-state index contributed by atoms with van der Waals surface area (Å²) in [5, 5.41) is 12.3. The van der Waals surface area contributed by atoms with E-state index in [1.807, 2.05) is 48.5 Å². The van der Waals surface area contributed by atoms with Crippen molar-refractivity contribution in [3.8, 4) is 0 Å². The molecule has 0 unspecified atom stereocenters. The highest BCUT2D eigenvalue weighted by molar-refractivity contribution is 6.26. The zero-order valence-corrected chi connectivity index (χ0v) is 10.1. The van der Waals surface area contributed by atoms with Crippen LogP contribution in [0.2, 0.25) is 0 Å². The predicted octanol–water partition coefficient (Wildman–Crippen LogP) is 3.47. The van der Waals surface area contributed by atoms with Crippen molar-refractivity contribution in [1.29, 1.82) is 0 Å². The Bertz CT molecular complexity index is 560. The highest BCUT2D eigenvalue weighted by Crippen LogP contribution is 2.19. The summed E-state index contributed by atoms with van der Waals surface area (Å²) < 4.78 is 0. The average molecular weight is 238 g/mol. The molecule has 2 aromatic rings. The predicted molar refractivity (Wildman–Crippen MR) is 73.4 cm³/mol. The van der Waals surface area contributed by atoms with E-state index in [1.54, 1.807) is 19.3 Å². The quantitative estimate of drug-likeness (QED) is 0.505. The molecule has 0 bridgehead atoms. The van der Waals surface area contributed by atoms with E-state index in [4.69, 9.17) is 5.21 Å². The number of benzene rings is 1. The minimum absolute atomic E-state index is 0.574. The summed E-state index contributed by atoms with van der Waals surface area (Å²) in [6.45, 7) is 1.77. The Morgan fingerprint density at radius 3 is 2.56 bits per heavy atom. The van der Waals surface area contributed by atoms with Crippen LogP contribution in [0.25, 0.3) is 11.6 Å². The molecular weight excluding hydrogens is 224 g/mol. The molecule has 1 N–H and O–H groups in total. The maximum Gasteiger partial charge on any atom is 0.0843 e. The molecule has 3 nitrogen and oxygen atoms in total. The molecule has 1 heterocycles. The van der Waals surface area contributed by atoms with E-state index < -0.39 is 0 Å². The van der Waals surface area contributed by atoms with Gasteiger partial charge in [-0.05, 0) is 30.2 Å². The topological polar surface area (TPSA) is 45.5 Å². The van der Waals surface area contributed by atoms with Crippen LogP contribution in [0.1, 0.15) is 18.1 Å². The van der Waals surface area contributed by atoms with Crippen LogP contribution in [0.5, 0.6) is 0 Å². The van der Waals surface area contributed by atoms with Gasteiger partial charge in [0.25, 0.3) is 0 Å². The Labute approximate surface area is 106 Å². The van der Waals surface area contributed by atoms with E-state index in [1.165, 1.54) is 0 Å². The number of nitrogens with zero attached hydrogens (tertiary/aromatic N) is 2. The van der Waals surface area contributed by atoms with Crippen LogP contribution in [0.3, 0.4) is 0 Å². The summed E-state index contributed by atoms with van der Waals surface area (Å²) in [6.07, 6.45) is 5.46. The van der Waals surface area contributed by atoms with Crippen LogP contribution in [-0.4, -0.2) is 15.9 Å². The Hall–Kier alpha value is -2.42. The molecule has 2 rings (SSSR count). The molecule has 0 aliphatic heterocycles. The molecule has 0 aliphatic rings. The molecule has 0 aliphatic carbocycles. The fraction of sp³-hybridized carbons (Fsp3) is 0.0667. The van der Waals surface area contributed by atoms with Gasteiger partial charge in [-0.2, -0.15) is 0 Å². The van der Waals surface area contributed by atoms with Crippen LogP contribution in [0, 0.1) is 0 Å². The fourth-order valence-electron chi connectivity index (χ4n) is 1.70. The monoisotopic (exact) mass is 238 g/mol. The number of hydrogen-bond donors (Lipinski definition) is 1. The van der Waals surface area contributed by atoms with Crippen molar-refractivity contribution in [2.45, 2.75) is 6.92 Å². The lowest BCUT2D eigenvalue weighted by atomic mass is 10.00. The number of allylic oxidation sites excluding steroid dienone is 1.